The zero-order chi connectivity index (χ0) is 33.1. The number of benzene rings is 4. The highest BCUT2D eigenvalue weighted by Crippen LogP contribution is 2.24. The minimum absolute atomic E-state index is 0.135. The van der Waals surface area contributed by atoms with E-state index in [1.807, 2.05) is 106 Å². The van der Waals surface area contributed by atoms with E-state index in [4.69, 9.17) is 4.74 Å². The van der Waals surface area contributed by atoms with Crippen molar-refractivity contribution in [2.75, 3.05) is 23.7 Å². The van der Waals surface area contributed by atoms with Crippen LogP contribution in [0.15, 0.2) is 109 Å². The molecule has 8 nitrogen and oxygen atoms in total. The molecular weight excluding hydrogens is 598 g/mol. The van der Waals surface area contributed by atoms with Gasteiger partial charge >= 0.3 is 0 Å². The Kier molecular flexibility index (Phi) is 12.0. The van der Waals surface area contributed by atoms with Crippen LogP contribution in [-0.4, -0.2) is 50.5 Å². The van der Waals surface area contributed by atoms with Gasteiger partial charge in [0.1, 0.15) is 24.9 Å². The highest BCUT2D eigenvalue weighted by Gasteiger charge is 2.33. The summed E-state index contributed by atoms with van der Waals surface area (Å²) in [4.78, 5) is 29.5. The molecule has 0 bridgehead atoms. The van der Waals surface area contributed by atoms with Crippen molar-refractivity contribution in [3.8, 4) is 5.75 Å². The fraction of sp³-hybridized carbons (Fsp3) is 0.297. The summed E-state index contributed by atoms with van der Waals surface area (Å²) < 4.78 is 33.1. The number of carbonyl (C=O) groups is 2. The molecule has 2 amide bonds. The molecule has 9 heteroatoms. The maximum absolute atomic E-state index is 14.3. The Labute approximate surface area is 273 Å². The summed E-state index contributed by atoms with van der Waals surface area (Å²) in [7, 11) is -3.87. The second kappa shape index (κ2) is 16.1. The second-order valence-corrected chi connectivity index (χ2v) is 13.8. The Morgan fingerprint density at radius 2 is 1.37 bits per heavy atom. The first-order chi connectivity index (χ1) is 22.0. The van der Waals surface area contributed by atoms with Gasteiger partial charge in [0, 0.05) is 19.5 Å². The van der Waals surface area contributed by atoms with Crippen molar-refractivity contribution in [3.05, 3.63) is 131 Å². The highest BCUT2D eigenvalue weighted by molar-refractivity contribution is 7.92. The molecule has 1 atom stereocenters. The van der Waals surface area contributed by atoms with Crippen LogP contribution >= 0.6 is 0 Å². The number of hydrogen-bond donors (Lipinski definition) is 1. The highest BCUT2D eigenvalue weighted by atomic mass is 32.2. The number of ether oxygens (including phenoxy) is 1. The first kappa shape index (κ1) is 34.2. The summed E-state index contributed by atoms with van der Waals surface area (Å²) >= 11 is 0. The maximum Gasteiger partial charge on any atom is 0.244 e. The van der Waals surface area contributed by atoms with Crippen molar-refractivity contribution in [1.82, 2.24) is 10.2 Å². The van der Waals surface area contributed by atoms with Gasteiger partial charge in [0.15, 0.2) is 0 Å². The lowest BCUT2D eigenvalue weighted by Crippen LogP contribution is -2.53. The van der Waals surface area contributed by atoms with Crippen molar-refractivity contribution in [2.45, 2.75) is 46.4 Å². The molecule has 0 fully saturated rings. The van der Waals surface area contributed by atoms with E-state index in [1.54, 1.807) is 24.3 Å². The third-order valence-corrected chi connectivity index (χ3v) is 8.62. The van der Waals surface area contributed by atoms with Crippen molar-refractivity contribution in [3.63, 3.8) is 0 Å². The van der Waals surface area contributed by atoms with E-state index in [0.717, 1.165) is 32.8 Å². The molecule has 0 aliphatic rings. The van der Waals surface area contributed by atoms with Crippen LogP contribution in [0.5, 0.6) is 5.75 Å². The molecule has 4 aromatic rings. The average molecular weight is 642 g/mol. The summed E-state index contributed by atoms with van der Waals surface area (Å²) in [5.41, 5.74) is 4.12. The van der Waals surface area contributed by atoms with Crippen LogP contribution in [0.1, 0.15) is 36.1 Å². The fourth-order valence-corrected chi connectivity index (χ4v) is 5.78. The number of hydrogen-bond acceptors (Lipinski definition) is 5. The van der Waals surface area contributed by atoms with E-state index >= 15 is 0 Å². The Balaban J connectivity index is 1.63. The van der Waals surface area contributed by atoms with Gasteiger partial charge in [-0.15, -0.1) is 0 Å². The van der Waals surface area contributed by atoms with Gasteiger partial charge in [0.2, 0.25) is 21.8 Å². The van der Waals surface area contributed by atoms with Crippen LogP contribution in [-0.2, 0) is 39.2 Å². The Bertz CT molecular complexity index is 1660. The van der Waals surface area contributed by atoms with Crippen molar-refractivity contribution >= 4 is 27.5 Å². The van der Waals surface area contributed by atoms with Crippen LogP contribution in [0.3, 0.4) is 0 Å². The minimum atomic E-state index is -3.87. The number of amides is 2. The van der Waals surface area contributed by atoms with Crippen molar-refractivity contribution < 1.29 is 22.7 Å². The van der Waals surface area contributed by atoms with Crippen LogP contribution in [0.4, 0.5) is 5.69 Å². The number of nitrogens with one attached hydrogen (secondary N) is 1. The zero-order valence-electron chi connectivity index (χ0n) is 26.9. The van der Waals surface area contributed by atoms with Gasteiger partial charge in [-0.1, -0.05) is 104 Å². The quantitative estimate of drug-likeness (QED) is 0.178. The molecule has 46 heavy (non-hydrogen) atoms. The monoisotopic (exact) mass is 641 g/mol. The lowest BCUT2D eigenvalue weighted by atomic mass is 10.0. The number of aryl methyl sites for hydroxylation is 1. The fourth-order valence-electron chi connectivity index (χ4n) is 4.93. The van der Waals surface area contributed by atoms with Crippen LogP contribution in [0.2, 0.25) is 0 Å². The molecule has 0 spiro atoms. The molecule has 4 aromatic carbocycles. The second-order valence-electron chi connectivity index (χ2n) is 11.9. The number of carbonyl (C=O) groups excluding carboxylic acids is 2. The van der Waals surface area contributed by atoms with E-state index in [-0.39, 0.29) is 24.8 Å². The van der Waals surface area contributed by atoms with E-state index in [2.05, 4.69) is 5.32 Å². The predicted octanol–water partition coefficient (Wildman–Crippen LogP) is 5.75. The molecular formula is C37H43N3O5S. The molecule has 1 N–H and O–H groups in total. The van der Waals surface area contributed by atoms with Crippen LogP contribution < -0.4 is 14.4 Å². The summed E-state index contributed by atoms with van der Waals surface area (Å²) in [5, 5.41) is 3.00. The number of anilines is 1. The van der Waals surface area contributed by atoms with E-state index in [1.165, 1.54) is 4.90 Å². The van der Waals surface area contributed by atoms with Gasteiger partial charge in [-0.05, 0) is 53.8 Å². The first-order valence-corrected chi connectivity index (χ1v) is 17.3. The largest absolute Gasteiger partial charge is 0.489 e. The molecule has 0 heterocycles. The van der Waals surface area contributed by atoms with E-state index in [0.29, 0.717) is 24.6 Å². The summed E-state index contributed by atoms with van der Waals surface area (Å²) in [5.74, 6) is 0.000873. The SMILES string of the molecule is Cc1ccc(CN(C(=O)CN(c2ccc(OCc3ccccc3)cc2)S(C)(=O)=O)[C@H](Cc2ccccc2)C(=O)NCC(C)C)cc1. The standard InChI is InChI=1S/C37H43N3O5S/c1-28(2)24-38-37(42)35(23-30-11-7-5-8-12-30)39(25-31-17-15-29(3)16-18-31)36(41)26-40(46(4,43)44)33-19-21-34(22-20-33)45-27-32-13-9-6-10-14-32/h5-22,28,35H,23-27H2,1-4H3,(H,38,42)/t35-/m1/s1. The summed E-state index contributed by atoms with van der Waals surface area (Å²) in [6, 6.07) is 32.7. The van der Waals surface area contributed by atoms with Gasteiger partial charge in [-0.3, -0.25) is 13.9 Å². The van der Waals surface area contributed by atoms with Crippen molar-refractivity contribution in [2.24, 2.45) is 5.92 Å². The molecule has 4 rings (SSSR count). The van der Waals surface area contributed by atoms with Crippen LogP contribution in [0, 0.1) is 12.8 Å². The maximum atomic E-state index is 14.3. The third-order valence-electron chi connectivity index (χ3n) is 7.48. The lowest BCUT2D eigenvalue weighted by molar-refractivity contribution is -0.140. The Morgan fingerprint density at radius 1 is 0.783 bits per heavy atom. The Hall–Kier alpha value is -4.63. The molecule has 0 aliphatic heterocycles. The van der Waals surface area contributed by atoms with Gasteiger partial charge in [0.25, 0.3) is 0 Å². The smallest absolute Gasteiger partial charge is 0.244 e. The molecule has 0 saturated heterocycles. The van der Waals surface area contributed by atoms with Gasteiger partial charge < -0.3 is 15.0 Å². The molecule has 0 saturated carbocycles. The van der Waals surface area contributed by atoms with E-state index in [9.17, 15) is 18.0 Å². The molecule has 242 valence electrons. The minimum Gasteiger partial charge on any atom is -0.489 e. The zero-order valence-corrected chi connectivity index (χ0v) is 27.7. The number of nitrogens with zero attached hydrogens (tertiary/aromatic N) is 2. The first-order valence-electron chi connectivity index (χ1n) is 15.4. The average Bonchev–Trinajstić information content (AvgIpc) is 3.04. The number of sulfonamides is 1. The molecule has 0 radical (unpaired) electrons. The number of rotatable bonds is 15. The van der Waals surface area contributed by atoms with Gasteiger partial charge in [0.05, 0.1) is 11.9 Å². The molecule has 0 aliphatic carbocycles. The van der Waals surface area contributed by atoms with Gasteiger partial charge in [-0.2, -0.15) is 0 Å². The third kappa shape index (κ3) is 10.2. The summed E-state index contributed by atoms with van der Waals surface area (Å²) in [6.45, 7) is 6.46. The lowest BCUT2D eigenvalue weighted by Gasteiger charge is -2.33. The van der Waals surface area contributed by atoms with Gasteiger partial charge in [-0.25, -0.2) is 8.42 Å². The molecule has 0 unspecified atom stereocenters. The van der Waals surface area contributed by atoms with E-state index < -0.39 is 28.5 Å². The predicted molar refractivity (Wildman–Crippen MR) is 183 cm³/mol. The van der Waals surface area contributed by atoms with Crippen LogP contribution in [0.25, 0.3) is 0 Å². The molecule has 0 aromatic heterocycles. The van der Waals surface area contributed by atoms with Crippen molar-refractivity contribution in [1.29, 1.82) is 0 Å². The normalized spacial score (nSPS) is 11.9. The Morgan fingerprint density at radius 3 is 1.93 bits per heavy atom. The summed E-state index contributed by atoms with van der Waals surface area (Å²) in [6.07, 6.45) is 1.34. The topological polar surface area (TPSA) is 96.0 Å².